The summed E-state index contributed by atoms with van der Waals surface area (Å²) in [5.41, 5.74) is 0.782. The highest BCUT2D eigenvalue weighted by atomic mass is 79.9. The summed E-state index contributed by atoms with van der Waals surface area (Å²) in [5.74, 6) is 0.788. The van der Waals surface area contributed by atoms with Crippen molar-refractivity contribution in [2.75, 3.05) is 7.11 Å². The fraction of sp³-hybridized carbons (Fsp3) is 0.0667. The number of nitrogens with zero attached hydrogens (tertiary/aromatic N) is 1. The zero-order valence-electron chi connectivity index (χ0n) is 11.0. The number of esters is 1. The van der Waals surface area contributed by atoms with E-state index in [0.29, 0.717) is 17.1 Å². The molecule has 0 spiro atoms. The summed E-state index contributed by atoms with van der Waals surface area (Å²) in [6.07, 6.45) is 3.05. The molecule has 5 nitrogen and oxygen atoms in total. The fourth-order valence-corrected chi connectivity index (χ4v) is 2.24. The molecule has 6 heteroatoms. The normalized spacial score (nSPS) is 16.0. The molecule has 0 aliphatic carbocycles. The first kappa shape index (κ1) is 13.6. The monoisotopic (exact) mass is 347 g/mol. The Morgan fingerprint density at radius 1 is 1.33 bits per heavy atom. The zero-order chi connectivity index (χ0) is 14.8. The number of methoxy groups -OCH3 is 1. The van der Waals surface area contributed by atoms with Crippen molar-refractivity contribution in [2.24, 2.45) is 4.99 Å². The van der Waals surface area contributed by atoms with Crippen LogP contribution in [0.3, 0.4) is 0 Å². The maximum absolute atomic E-state index is 11.9. The molecule has 106 valence electrons. The summed E-state index contributed by atoms with van der Waals surface area (Å²) in [6, 6.07) is 8.84. The highest BCUT2D eigenvalue weighted by molar-refractivity contribution is 9.10. The molecular formula is C15H10BrNO4. The van der Waals surface area contributed by atoms with Crippen LogP contribution < -0.4 is 4.74 Å². The summed E-state index contributed by atoms with van der Waals surface area (Å²) < 4.78 is 16.5. The second-order valence-corrected chi connectivity index (χ2v) is 5.11. The van der Waals surface area contributed by atoms with Gasteiger partial charge < -0.3 is 13.9 Å². The molecule has 0 fully saturated rings. The Hall–Kier alpha value is -2.34. The van der Waals surface area contributed by atoms with Gasteiger partial charge in [-0.1, -0.05) is 15.9 Å². The average Bonchev–Trinajstić information content (AvgIpc) is 3.10. The number of aliphatic imine (C=N–C) groups is 1. The van der Waals surface area contributed by atoms with E-state index in [2.05, 4.69) is 20.9 Å². The number of rotatable bonds is 3. The molecule has 1 aromatic carbocycles. The molecule has 0 radical (unpaired) electrons. The van der Waals surface area contributed by atoms with Crippen molar-refractivity contribution >= 4 is 33.9 Å². The number of ether oxygens (including phenoxy) is 2. The Labute approximate surface area is 129 Å². The van der Waals surface area contributed by atoms with E-state index < -0.39 is 5.97 Å². The van der Waals surface area contributed by atoms with Crippen molar-refractivity contribution in [3.8, 4) is 5.75 Å². The lowest BCUT2D eigenvalue weighted by atomic mass is 10.2. The number of hydrogen-bond acceptors (Lipinski definition) is 5. The molecule has 0 amide bonds. The number of benzene rings is 1. The van der Waals surface area contributed by atoms with E-state index in [4.69, 9.17) is 13.9 Å². The van der Waals surface area contributed by atoms with E-state index in [9.17, 15) is 4.79 Å². The molecule has 0 bridgehead atoms. The van der Waals surface area contributed by atoms with Crippen molar-refractivity contribution < 1.29 is 18.7 Å². The van der Waals surface area contributed by atoms with Crippen LogP contribution in [-0.4, -0.2) is 19.0 Å². The number of furan rings is 1. The number of hydrogen-bond donors (Lipinski definition) is 0. The Morgan fingerprint density at radius 3 is 2.90 bits per heavy atom. The number of carbonyl (C=O) groups excluding carboxylic acids is 1. The summed E-state index contributed by atoms with van der Waals surface area (Å²) in [7, 11) is 1.55. The maximum atomic E-state index is 11.9. The zero-order valence-corrected chi connectivity index (χ0v) is 12.6. The highest BCUT2D eigenvalue weighted by Crippen LogP contribution is 2.27. The minimum Gasteiger partial charge on any atom is -0.496 e. The lowest BCUT2D eigenvalue weighted by Gasteiger charge is -2.07. The average molecular weight is 348 g/mol. The number of halogens is 1. The van der Waals surface area contributed by atoms with Crippen molar-refractivity contribution in [1.82, 2.24) is 0 Å². The largest absolute Gasteiger partial charge is 0.496 e. The van der Waals surface area contributed by atoms with Gasteiger partial charge in [0.2, 0.25) is 5.90 Å². The van der Waals surface area contributed by atoms with Gasteiger partial charge in [0.05, 0.1) is 18.9 Å². The Bertz CT molecular complexity index is 747. The van der Waals surface area contributed by atoms with E-state index in [-0.39, 0.29) is 11.6 Å². The smallest absolute Gasteiger partial charge is 0.363 e. The van der Waals surface area contributed by atoms with Gasteiger partial charge in [0.15, 0.2) is 5.70 Å². The van der Waals surface area contributed by atoms with Gasteiger partial charge in [0.25, 0.3) is 0 Å². The minimum absolute atomic E-state index is 0.182. The molecule has 0 saturated carbocycles. The molecule has 1 aromatic heterocycles. The van der Waals surface area contributed by atoms with Crippen molar-refractivity contribution in [3.05, 3.63) is 58.1 Å². The van der Waals surface area contributed by atoms with Crippen LogP contribution in [0, 0.1) is 0 Å². The van der Waals surface area contributed by atoms with E-state index in [0.717, 1.165) is 4.47 Å². The quantitative estimate of drug-likeness (QED) is 0.630. The predicted molar refractivity (Wildman–Crippen MR) is 80.0 cm³/mol. The van der Waals surface area contributed by atoms with Crippen molar-refractivity contribution in [2.45, 2.75) is 0 Å². The van der Waals surface area contributed by atoms with Crippen LogP contribution in [0.2, 0.25) is 0 Å². The summed E-state index contributed by atoms with van der Waals surface area (Å²) in [4.78, 5) is 16.1. The molecule has 0 saturated heterocycles. The number of carbonyl (C=O) groups is 1. The van der Waals surface area contributed by atoms with Crippen LogP contribution in [0.4, 0.5) is 0 Å². The molecule has 21 heavy (non-hydrogen) atoms. The highest BCUT2D eigenvalue weighted by Gasteiger charge is 2.26. The van der Waals surface area contributed by atoms with Crippen LogP contribution in [0.25, 0.3) is 6.08 Å². The van der Waals surface area contributed by atoms with Gasteiger partial charge in [-0.2, -0.15) is 0 Å². The predicted octanol–water partition coefficient (Wildman–Crippen LogP) is 3.40. The van der Waals surface area contributed by atoms with Gasteiger partial charge >= 0.3 is 5.97 Å². The second kappa shape index (κ2) is 5.57. The molecule has 2 heterocycles. The number of cyclic esters (lactones) is 1. The van der Waals surface area contributed by atoms with Crippen LogP contribution in [0.15, 0.2) is 56.2 Å². The van der Waals surface area contributed by atoms with Crippen molar-refractivity contribution in [1.29, 1.82) is 0 Å². The maximum Gasteiger partial charge on any atom is 0.363 e. The molecular weight excluding hydrogens is 338 g/mol. The third-order valence-corrected chi connectivity index (χ3v) is 3.33. The van der Waals surface area contributed by atoms with E-state index >= 15 is 0 Å². The van der Waals surface area contributed by atoms with E-state index in [1.807, 2.05) is 6.07 Å². The van der Waals surface area contributed by atoms with Gasteiger partial charge in [-0.15, -0.1) is 0 Å². The third kappa shape index (κ3) is 2.75. The Balaban J connectivity index is 2.01. The molecule has 0 atom stereocenters. The first-order valence-corrected chi connectivity index (χ1v) is 6.86. The van der Waals surface area contributed by atoms with Gasteiger partial charge in [-0.3, -0.25) is 0 Å². The lowest BCUT2D eigenvalue weighted by Crippen LogP contribution is -2.07. The van der Waals surface area contributed by atoms with Crippen LogP contribution in [-0.2, 0) is 9.53 Å². The second-order valence-electron chi connectivity index (χ2n) is 4.20. The summed E-state index contributed by atoms with van der Waals surface area (Å²) in [6.45, 7) is 0. The molecule has 3 rings (SSSR count). The van der Waals surface area contributed by atoms with E-state index in [1.165, 1.54) is 12.3 Å². The third-order valence-electron chi connectivity index (χ3n) is 2.83. The first-order valence-electron chi connectivity index (χ1n) is 6.07. The molecule has 1 aliphatic heterocycles. The molecule has 0 N–H and O–H groups in total. The summed E-state index contributed by atoms with van der Waals surface area (Å²) >= 11 is 3.37. The Morgan fingerprint density at radius 2 is 2.19 bits per heavy atom. The van der Waals surface area contributed by atoms with Gasteiger partial charge in [0, 0.05) is 10.5 Å². The Kier molecular flexibility index (Phi) is 3.62. The van der Waals surface area contributed by atoms with E-state index in [1.54, 1.807) is 31.4 Å². The molecule has 2 aromatic rings. The SMILES string of the molecule is COc1ccc(Br)cc1C1=NC(=Cc2ccco2)C(=O)O1. The van der Waals surface area contributed by atoms with Gasteiger partial charge in [0.1, 0.15) is 11.5 Å². The molecule has 1 aliphatic rings. The van der Waals surface area contributed by atoms with Gasteiger partial charge in [-0.05, 0) is 30.3 Å². The van der Waals surface area contributed by atoms with Gasteiger partial charge in [-0.25, -0.2) is 9.79 Å². The minimum atomic E-state index is -0.525. The van der Waals surface area contributed by atoms with Crippen LogP contribution >= 0.6 is 15.9 Å². The van der Waals surface area contributed by atoms with Crippen LogP contribution in [0.1, 0.15) is 11.3 Å². The topological polar surface area (TPSA) is 61.0 Å². The fourth-order valence-electron chi connectivity index (χ4n) is 1.88. The van der Waals surface area contributed by atoms with Crippen LogP contribution in [0.5, 0.6) is 5.75 Å². The first-order chi connectivity index (χ1) is 10.2. The standard InChI is InChI=1S/C15H10BrNO4/c1-19-13-5-4-9(16)7-11(13)14-17-12(15(18)21-14)8-10-3-2-6-20-10/h2-8H,1H3. The summed E-state index contributed by atoms with van der Waals surface area (Å²) in [5, 5.41) is 0. The molecule has 0 unspecified atom stereocenters. The lowest BCUT2D eigenvalue weighted by molar-refractivity contribution is -0.129. The van der Waals surface area contributed by atoms with Crippen molar-refractivity contribution in [3.63, 3.8) is 0 Å².